The van der Waals surface area contributed by atoms with Crippen LogP contribution in [0.3, 0.4) is 0 Å². The summed E-state index contributed by atoms with van der Waals surface area (Å²) in [6.45, 7) is 4.37. The van der Waals surface area contributed by atoms with Crippen molar-refractivity contribution >= 4 is 17.4 Å². The van der Waals surface area contributed by atoms with E-state index in [0.717, 1.165) is 6.42 Å². The van der Waals surface area contributed by atoms with Crippen LogP contribution in [-0.2, 0) is 9.59 Å². The van der Waals surface area contributed by atoms with Crippen LogP contribution in [-0.4, -0.2) is 35.0 Å². The van der Waals surface area contributed by atoms with Gasteiger partial charge < -0.3 is 10.0 Å². The molecule has 1 N–H and O–H groups in total. The molecule has 0 spiro atoms. The SMILES string of the molecule is CC(C)(CC(=O)N1CC=C(c2ccccc2)CC1)C(=O)O. The minimum Gasteiger partial charge on any atom is -0.481 e. The zero-order chi connectivity index (χ0) is 15.5. The summed E-state index contributed by atoms with van der Waals surface area (Å²) in [6.07, 6.45) is 2.91. The van der Waals surface area contributed by atoms with Gasteiger partial charge in [-0.2, -0.15) is 0 Å². The molecule has 4 heteroatoms. The van der Waals surface area contributed by atoms with Crippen LogP contribution in [0.2, 0.25) is 0 Å². The molecule has 1 aromatic rings. The second-order valence-electron chi connectivity index (χ2n) is 6.05. The number of aliphatic carboxylic acids is 1. The molecule has 0 bridgehead atoms. The molecule has 0 fully saturated rings. The van der Waals surface area contributed by atoms with Gasteiger partial charge in [0.15, 0.2) is 0 Å². The third kappa shape index (κ3) is 3.72. The number of nitrogens with zero attached hydrogens (tertiary/aromatic N) is 1. The van der Waals surface area contributed by atoms with Crippen molar-refractivity contribution in [2.45, 2.75) is 26.7 Å². The Kier molecular flexibility index (Phi) is 4.46. The van der Waals surface area contributed by atoms with Crippen LogP contribution >= 0.6 is 0 Å². The predicted molar refractivity (Wildman–Crippen MR) is 81.6 cm³/mol. The van der Waals surface area contributed by atoms with Crippen LogP contribution in [0.5, 0.6) is 0 Å². The Bertz CT molecular complexity index is 561. The van der Waals surface area contributed by atoms with Crippen LogP contribution in [0, 0.1) is 5.41 Å². The van der Waals surface area contributed by atoms with Gasteiger partial charge >= 0.3 is 5.97 Å². The van der Waals surface area contributed by atoms with Crippen molar-refractivity contribution in [1.82, 2.24) is 4.90 Å². The standard InChI is InChI=1S/C17H21NO3/c1-17(2,16(20)21)12-15(19)18-10-8-14(9-11-18)13-6-4-3-5-7-13/h3-8H,9-12H2,1-2H3,(H,20,21). The first-order valence-electron chi connectivity index (χ1n) is 7.16. The summed E-state index contributed by atoms with van der Waals surface area (Å²) in [5.74, 6) is -1.03. The first kappa shape index (κ1) is 15.3. The second-order valence-corrected chi connectivity index (χ2v) is 6.05. The van der Waals surface area contributed by atoms with Crippen molar-refractivity contribution in [2.24, 2.45) is 5.41 Å². The Balaban J connectivity index is 1.99. The van der Waals surface area contributed by atoms with Gasteiger partial charge in [0.05, 0.1) is 5.41 Å². The summed E-state index contributed by atoms with van der Waals surface area (Å²) < 4.78 is 0. The van der Waals surface area contributed by atoms with E-state index in [2.05, 4.69) is 18.2 Å². The van der Waals surface area contributed by atoms with Gasteiger partial charge in [-0.25, -0.2) is 0 Å². The Morgan fingerprint density at radius 3 is 2.43 bits per heavy atom. The average molecular weight is 287 g/mol. The molecule has 0 unspecified atom stereocenters. The lowest BCUT2D eigenvalue weighted by molar-refractivity contribution is -0.151. The molecule has 0 radical (unpaired) electrons. The van der Waals surface area contributed by atoms with E-state index in [1.165, 1.54) is 11.1 Å². The monoisotopic (exact) mass is 287 g/mol. The number of amides is 1. The van der Waals surface area contributed by atoms with Crippen LogP contribution in [0.15, 0.2) is 36.4 Å². The van der Waals surface area contributed by atoms with Gasteiger partial charge in [-0.15, -0.1) is 0 Å². The Morgan fingerprint density at radius 2 is 1.90 bits per heavy atom. The second kappa shape index (κ2) is 6.12. The van der Waals surface area contributed by atoms with E-state index in [1.54, 1.807) is 18.7 Å². The summed E-state index contributed by atoms with van der Waals surface area (Å²) in [7, 11) is 0. The third-order valence-corrected chi connectivity index (χ3v) is 3.88. The van der Waals surface area contributed by atoms with E-state index in [9.17, 15) is 9.59 Å². The van der Waals surface area contributed by atoms with Crippen LogP contribution in [0.4, 0.5) is 0 Å². The van der Waals surface area contributed by atoms with E-state index in [4.69, 9.17) is 5.11 Å². The average Bonchev–Trinajstić information content (AvgIpc) is 2.48. The summed E-state index contributed by atoms with van der Waals surface area (Å²) in [6, 6.07) is 10.1. The summed E-state index contributed by atoms with van der Waals surface area (Å²) in [4.78, 5) is 25.0. The molecule has 1 aromatic carbocycles. The number of carboxylic acids is 1. The van der Waals surface area contributed by atoms with Gasteiger partial charge in [0, 0.05) is 19.5 Å². The normalized spacial score (nSPS) is 15.5. The fraction of sp³-hybridized carbons (Fsp3) is 0.412. The van der Waals surface area contributed by atoms with E-state index in [-0.39, 0.29) is 12.3 Å². The molecule has 21 heavy (non-hydrogen) atoms. The summed E-state index contributed by atoms with van der Waals surface area (Å²) in [5, 5.41) is 9.10. The highest BCUT2D eigenvalue weighted by Gasteiger charge is 2.32. The first-order chi connectivity index (χ1) is 9.90. The minimum absolute atomic E-state index is 0.0385. The number of carboxylic acid groups (broad SMARTS) is 1. The van der Waals surface area contributed by atoms with Crippen LogP contribution < -0.4 is 0 Å². The zero-order valence-corrected chi connectivity index (χ0v) is 12.5. The number of carbonyl (C=O) groups excluding carboxylic acids is 1. The van der Waals surface area contributed by atoms with E-state index in [1.807, 2.05) is 18.2 Å². The summed E-state index contributed by atoms with van der Waals surface area (Å²) in [5.41, 5.74) is 1.42. The number of rotatable bonds is 4. The molecule has 0 aromatic heterocycles. The molecule has 0 atom stereocenters. The van der Waals surface area contributed by atoms with Crippen molar-refractivity contribution in [3.8, 4) is 0 Å². The molecule has 0 aliphatic carbocycles. The molecule has 1 aliphatic heterocycles. The lowest BCUT2D eigenvalue weighted by atomic mass is 9.88. The van der Waals surface area contributed by atoms with Gasteiger partial charge in [0.1, 0.15) is 0 Å². The fourth-order valence-corrected chi connectivity index (χ4v) is 2.38. The molecule has 2 rings (SSSR count). The first-order valence-corrected chi connectivity index (χ1v) is 7.16. The number of hydrogen-bond donors (Lipinski definition) is 1. The van der Waals surface area contributed by atoms with Gasteiger partial charge in [-0.05, 0) is 31.4 Å². The van der Waals surface area contributed by atoms with E-state index < -0.39 is 11.4 Å². The number of benzene rings is 1. The maximum Gasteiger partial charge on any atom is 0.309 e. The summed E-state index contributed by atoms with van der Waals surface area (Å²) >= 11 is 0. The predicted octanol–water partition coefficient (Wildman–Crippen LogP) is 2.80. The third-order valence-electron chi connectivity index (χ3n) is 3.88. The maximum absolute atomic E-state index is 12.2. The van der Waals surface area contributed by atoms with Crippen molar-refractivity contribution in [2.75, 3.05) is 13.1 Å². The smallest absolute Gasteiger partial charge is 0.309 e. The Hall–Kier alpha value is -2.10. The molecule has 1 aliphatic rings. The Morgan fingerprint density at radius 1 is 1.24 bits per heavy atom. The molecule has 0 saturated carbocycles. The zero-order valence-electron chi connectivity index (χ0n) is 12.5. The minimum atomic E-state index is -1.01. The van der Waals surface area contributed by atoms with Crippen molar-refractivity contribution in [3.63, 3.8) is 0 Å². The highest BCUT2D eigenvalue weighted by Crippen LogP contribution is 2.25. The number of carbonyl (C=O) groups is 2. The van der Waals surface area contributed by atoms with E-state index in [0.29, 0.717) is 13.1 Å². The molecular formula is C17H21NO3. The maximum atomic E-state index is 12.2. The molecule has 0 saturated heterocycles. The van der Waals surface area contributed by atoms with Crippen LogP contribution in [0.25, 0.3) is 5.57 Å². The molecule has 1 heterocycles. The highest BCUT2D eigenvalue weighted by molar-refractivity contribution is 5.85. The van der Waals surface area contributed by atoms with Gasteiger partial charge in [0.2, 0.25) is 5.91 Å². The lowest BCUT2D eigenvalue weighted by Gasteiger charge is -2.29. The topological polar surface area (TPSA) is 57.6 Å². The largest absolute Gasteiger partial charge is 0.481 e. The quantitative estimate of drug-likeness (QED) is 0.926. The fourth-order valence-electron chi connectivity index (χ4n) is 2.38. The lowest BCUT2D eigenvalue weighted by Crippen LogP contribution is -2.39. The van der Waals surface area contributed by atoms with E-state index >= 15 is 0 Å². The van der Waals surface area contributed by atoms with Crippen molar-refractivity contribution in [3.05, 3.63) is 42.0 Å². The molecule has 4 nitrogen and oxygen atoms in total. The highest BCUT2D eigenvalue weighted by atomic mass is 16.4. The Labute approximate surface area is 125 Å². The number of hydrogen-bond acceptors (Lipinski definition) is 2. The van der Waals surface area contributed by atoms with Crippen molar-refractivity contribution < 1.29 is 14.7 Å². The molecule has 112 valence electrons. The van der Waals surface area contributed by atoms with Gasteiger partial charge in [0.25, 0.3) is 0 Å². The van der Waals surface area contributed by atoms with Gasteiger partial charge in [-0.1, -0.05) is 36.4 Å². The molecular weight excluding hydrogens is 266 g/mol. The van der Waals surface area contributed by atoms with Crippen LogP contribution in [0.1, 0.15) is 32.3 Å². The molecule has 1 amide bonds. The van der Waals surface area contributed by atoms with Crippen molar-refractivity contribution in [1.29, 1.82) is 0 Å². The van der Waals surface area contributed by atoms with Gasteiger partial charge in [-0.3, -0.25) is 9.59 Å².